The summed E-state index contributed by atoms with van der Waals surface area (Å²) in [4.78, 5) is 23.1. The van der Waals surface area contributed by atoms with Crippen molar-refractivity contribution in [2.45, 2.75) is 45.4 Å². The van der Waals surface area contributed by atoms with E-state index in [1.807, 2.05) is 11.8 Å². The first kappa shape index (κ1) is 29.1. The van der Waals surface area contributed by atoms with E-state index in [9.17, 15) is 20.4 Å². The van der Waals surface area contributed by atoms with Crippen LogP contribution in [0.1, 0.15) is 51.1 Å². The Kier molecular flexibility index (Phi) is 11.8. The molecule has 0 unspecified atom stereocenters. The molecular weight excluding hydrogens is 474 g/mol. The minimum atomic E-state index is -0.0822. The monoisotopic (exact) mass is 519 g/mol. The van der Waals surface area contributed by atoms with Crippen molar-refractivity contribution >= 4 is 29.0 Å². The van der Waals surface area contributed by atoms with Gasteiger partial charge >= 0.3 is 0 Å². The second kappa shape index (κ2) is 15.1. The number of amidine groups is 1. The molecule has 2 fully saturated rings. The molecule has 37 heavy (non-hydrogen) atoms. The number of nitrogens with zero attached hydrogens (tertiary/aromatic N) is 7. The Bertz CT molecular complexity index is 874. The fourth-order valence-corrected chi connectivity index (χ4v) is 4.98. The van der Waals surface area contributed by atoms with Gasteiger partial charge < -0.3 is 40.0 Å². The number of hydrogen-bond acceptors (Lipinski definition) is 10. The second-order valence-electron chi connectivity index (χ2n) is 9.61. The molecule has 0 radical (unpaired) electrons. The van der Waals surface area contributed by atoms with Gasteiger partial charge in [-0.1, -0.05) is 6.58 Å². The summed E-state index contributed by atoms with van der Waals surface area (Å²) in [6.45, 7) is 10.9. The van der Waals surface area contributed by atoms with Gasteiger partial charge in [0.05, 0.1) is 32.1 Å². The van der Waals surface area contributed by atoms with Gasteiger partial charge in [-0.15, -0.1) is 0 Å². The van der Waals surface area contributed by atoms with E-state index in [0.29, 0.717) is 55.2 Å². The lowest BCUT2D eigenvalue weighted by Gasteiger charge is -2.34. The summed E-state index contributed by atoms with van der Waals surface area (Å²) in [6.07, 6.45) is 6.66. The first-order chi connectivity index (χ1) is 18.0. The molecule has 0 aliphatic carbocycles. The highest BCUT2D eigenvalue weighted by molar-refractivity contribution is 5.88. The first-order valence-electron chi connectivity index (χ1n) is 13.6. The number of aliphatic hydroxyl groups is 4. The second-order valence-corrected chi connectivity index (χ2v) is 9.61. The number of aliphatic imine (C=N–C) groups is 1. The largest absolute Gasteiger partial charge is 0.395 e. The number of piperidine rings is 2. The standard InChI is InChI=1S/C26H45N7O4/c1-21(30-9-5-3-6-10-30)23-24(27-22(2)31(13-17-34)14-18-35)25(32-11-7-4-8-12-32)29-26(28-23)33(15-19-36)16-20-37/h34-37H,1,3-20H2,2H3. The van der Waals surface area contributed by atoms with Crippen LogP contribution in [0.5, 0.6) is 0 Å². The Labute approximate surface area is 220 Å². The maximum Gasteiger partial charge on any atom is 0.228 e. The smallest absolute Gasteiger partial charge is 0.228 e. The van der Waals surface area contributed by atoms with Gasteiger partial charge in [-0.05, 0) is 45.4 Å². The molecule has 208 valence electrons. The van der Waals surface area contributed by atoms with Crippen molar-refractivity contribution in [3.63, 3.8) is 0 Å². The number of hydrogen-bond donors (Lipinski definition) is 4. The van der Waals surface area contributed by atoms with E-state index < -0.39 is 0 Å². The average molecular weight is 520 g/mol. The van der Waals surface area contributed by atoms with Crippen LogP contribution in [-0.4, -0.2) is 125 Å². The van der Waals surface area contributed by atoms with E-state index in [1.54, 1.807) is 4.90 Å². The molecule has 0 bridgehead atoms. The molecule has 0 amide bonds. The lowest BCUT2D eigenvalue weighted by molar-refractivity contribution is 0.212. The molecule has 3 heterocycles. The van der Waals surface area contributed by atoms with Gasteiger partial charge in [0.25, 0.3) is 0 Å². The van der Waals surface area contributed by atoms with Gasteiger partial charge in [0.2, 0.25) is 5.95 Å². The summed E-state index contributed by atoms with van der Waals surface area (Å²) in [7, 11) is 0. The summed E-state index contributed by atoms with van der Waals surface area (Å²) in [5.74, 6) is 1.81. The molecule has 3 rings (SSSR count). The number of aromatic nitrogens is 2. The predicted molar refractivity (Wildman–Crippen MR) is 147 cm³/mol. The maximum absolute atomic E-state index is 9.68. The lowest BCUT2D eigenvalue weighted by atomic mass is 10.1. The Hall–Kier alpha value is -2.47. The van der Waals surface area contributed by atoms with Crippen LogP contribution in [0.3, 0.4) is 0 Å². The quantitative estimate of drug-likeness (QED) is 0.221. The Morgan fingerprint density at radius 1 is 0.811 bits per heavy atom. The van der Waals surface area contributed by atoms with Gasteiger partial charge in [0.1, 0.15) is 17.2 Å². The molecule has 1 aromatic heterocycles. The minimum absolute atomic E-state index is 0.0497. The third kappa shape index (κ3) is 7.76. The van der Waals surface area contributed by atoms with Gasteiger partial charge in [-0.3, -0.25) is 0 Å². The molecule has 0 saturated carbocycles. The topological polar surface area (TPSA) is 132 Å². The molecule has 2 aliphatic heterocycles. The SMILES string of the molecule is C=C(c1nc(N(CCO)CCO)nc(N2CCCCC2)c1N=C(C)N(CCO)CCO)N1CCCCC1. The van der Waals surface area contributed by atoms with Crippen molar-refractivity contribution in [3.05, 3.63) is 12.3 Å². The zero-order chi connectivity index (χ0) is 26.6. The number of rotatable bonds is 13. The molecule has 2 saturated heterocycles. The molecule has 11 nitrogen and oxygen atoms in total. The molecule has 0 spiro atoms. The van der Waals surface area contributed by atoms with E-state index in [-0.39, 0.29) is 26.4 Å². The third-order valence-electron chi connectivity index (χ3n) is 7.01. The zero-order valence-electron chi connectivity index (χ0n) is 22.4. The summed E-state index contributed by atoms with van der Waals surface area (Å²) in [5, 5.41) is 38.5. The van der Waals surface area contributed by atoms with E-state index in [0.717, 1.165) is 57.6 Å². The predicted octanol–water partition coefficient (Wildman–Crippen LogP) is 1.05. The highest BCUT2D eigenvalue weighted by Gasteiger charge is 2.27. The van der Waals surface area contributed by atoms with Crippen LogP contribution < -0.4 is 9.80 Å². The van der Waals surface area contributed by atoms with Crippen LogP contribution in [0.15, 0.2) is 11.6 Å². The van der Waals surface area contributed by atoms with E-state index in [1.165, 1.54) is 12.8 Å². The number of aliphatic hydroxyl groups excluding tert-OH is 4. The van der Waals surface area contributed by atoms with Gasteiger partial charge in [0.15, 0.2) is 5.82 Å². The summed E-state index contributed by atoms with van der Waals surface area (Å²) in [5.41, 5.74) is 2.06. The Morgan fingerprint density at radius 2 is 1.35 bits per heavy atom. The summed E-state index contributed by atoms with van der Waals surface area (Å²) >= 11 is 0. The lowest BCUT2D eigenvalue weighted by Crippen LogP contribution is -2.36. The van der Waals surface area contributed by atoms with Crippen LogP contribution in [0, 0.1) is 0 Å². The molecule has 4 N–H and O–H groups in total. The zero-order valence-corrected chi connectivity index (χ0v) is 22.4. The van der Waals surface area contributed by atoms with Crippen molar-refractivity contribution in [2.24, 2.45) is 4.99 Å². The number of likely N-dealkylation sites (tertiary alicyclic amines) is 1. The molecule has 11 heteroatoms. The van der Waals surface area contributed by atoms with Crippen molar-refractivity contribution in [3.8, 4) is 0 Å². The van der Waals surface area contributed by atoms with Gasteiger partial charge in [0, 0.05) is 52.4 Å². The Balaban J connectivity index is 2.20. The average Bonchev–Trinajstić information content (AvgIpc) is 2.93. The highest BCUT2D eigenvalue weighted by atomic mass is 16.3. The normalized spacial score (nSPS) is 16.7. The first-order valence-corrected chi connectivity index (χ1v) is 13.6. The maximum atomic E-state index is 9.68. The van der Waals surface area contributed by atoms with Crippen molar-refractivity contribution in [1.82, 2.24) is 19.8 Å². The van der Waals surface area contributed by atoms with E-state index in [2.05, 4.69) is 16.4 Å². The Morgan fingerprint density at radius 3 is 1.89 bits per heavy atom. The van der Waals surface area contributed by atoms with Crippen LogP contribution in [0.25, 0.3) is 5.70 Å². The fraction of sp³-hybridized carbons (Fsp3) is 0.731. The molecule has 0 aromatic carbocycles. The van der Waals surface area contributed by atoms with Crippen LogP contribution in [-0.2, 0) is 0 Å². The minimum Gasteiger partial charge on any atom is -0.395 e. The molecule has 0 atom stereocenters. The van der Waals surface area contributed by atoms with Crippen LogP contribution in [0.4, 0.5) is 17.5 Å². The van der Waals surface area contributed by atoms with E-state index in [4.69, 9.17) is 15.0 Å². The number of anilines is 2. The van der Waals surface area contributed by atoms with Crippen LogP contribution >= 0.6 is 0 Å². The molecular formula is C26H45N7O4. The van der Waals surface area contributed by atoms with Crippen molar-refractivity contribution < 1.29 is 20.4 Å². The van der Waals surface area contributed by atoms with Crippen LogP contribution in [0.2, 0.25) is 0 Å². The summed E-state index contributed by atoms with van der Waals surface area (Å²) in [6, 6.07) is 0. The van der Waals surface area contributed by atoms with Gasteiger partial charge in [-0.2, -0.15) is 4.98 Å². The molecule has 2 aliphatic rings. The van der Waals surface area contributed by atoms with E-state index >= 15 is 0 Å². The fourth-order valence-electron chi connectivity index (χ4n) is 4.98. The third-order valence-corrected chi connectivity index (χ3v) is 7.01. The molecule has 1 aromatic rings. The van der Waals surface area contributed by atoms with Crippen molar-refractivity contribution in [2.75, 3.05) is 88.6 Å². The summed E-state index contributed by atoms with van der Waals surface area (Å²) < 4.78 is 0. The highest BCUT2D eigenvalue weighted by Crippen LogP contribution is 2.38. The van der Waals surface area contributed by atoms with Crippen molar-refractivity contribution in [1.29, 1.82) is 0 Å². The van der Waals surface area contributed by atoms with Gasteiger partial charge in [-0.25, -0.2) is 9.98 Å².